The number of halogens is 1. The summed E-state index contributed by atoms with van der Waals surface area (Å²) in [4.78, 5) is 11.2. The third-order valence-corrected chi connectivity index (χ3v) is 5.03. The molecule has 1 unspecified atom stereocenters. The molecule has 2 heteroatoms. The Morgan fingerprint density at radius 2 is 1.52 bits per heavy atom. The quantitative estimate of drug-likeness (QED) is 0.332. The van der Waals surface area contributed by atoms with Gasteiger partial charge < -0.3 is 0 Å². The van der Waals surface area contributed by atoms with Crippen LogP contribution in [-0.4, -0.2) is 5.24 Å². The van der Waals surface area contributed by atoms with Gasteiger partial charge in [-0.15, -0.1) is 12.3 Å². The lowest BCUT2D eigenvalue weighted by molar-refractivity contribution is -0.107. The van der Waals surface area contributed by atoms with Crippen molar-refractivity contribution in [1.82, 2.24) is 0 Å². The zero-order valence-electron chi connectivity index (χ0n) is 12.5. The Labute approximate surface area is 140 Å². The molecule has 0 aromatic heterocycles. The third kappa shape index (κ3) is 2.05. The minimum atomic E-state index is -0.497. The van der Waals surface area contributed by atoms with Gasteiger partial charge in [0, 0.05) is 23.8 Å². The van der Waals surface area contributed by atoms with Gasteiger partial charge in [-0.05, 0) is 39.4 Å². The topological polar surface area (TPSA) is 17.1 Å². The summed E-state index contributed by atoms with van der Waals surface area (Å²) in [6.07, 6.45) is 3.30. The van der Waals surface area contributed by atoms with Gasteiger partial charge in [-0.1, -0.05) is 54.6 Å². The Morgan fingerprint density at radius 1 is 1.00 bits per heavy atom. The molecule has 0 radical (unpaired) electrons. The molecule has 3 aliphatic carbocycles. The first kappa shape index (κ1) is 14.3. The SMILES string of the molecule is C=CC1C(=C=CC(=O)Cl)C2c3ccccc3C1c1ccccc12. The van der Waals surface area contributed by atoms with Crippen LogP contribution in [0.3, 0.4) is 0 Å². The molecule has 0 saturated carbocycles. The van der Waals surface area contributed by atoms with Crippen molar-refractivity contribution in [3.8, 4) is 0 Å². The number of hydrogen-bond acceptors (Lipinski definition) is 1. The normalized spacial score (nSPS) is 23.5. The Bertz CT molecular complexity index is 839. The zero-order chi connectivity index (χ0) is 16.0. The van der Waals surface area contributed by atoms with Crippen LogP contribution in [0.15, 0.2) is 78.6 Å². The van der Waals surface area contributed by atoms with Crippen molar-refractivity contribution in [2.45, 2.75) is 11.8 Å². The van der Waals surface area contributed by atoms with E-state index >= 15 is 0 Å². The van der Waals surface area contributed by atoms with Gasteiger partial charge in [0.15, 0.2) is 0 Å². The number of fused-ring (bicyclic) bond motifs is 1. The highest BCUT2D eigenvalue weighted by atomic mass is 35.5. The second-order valence-corrected chi connectivity index (χ2v) is 6.35. The Hall–Kier alpha value is -2.34. The van der Waals surface area contributed by atoms with Crippen LogP contribution < -0.4 is 0 Å². The predicted molar refractivity (Wildman–Crippen MR) is 92.7 cm³/mol. The van der Waals surface area contributed by atoms with Crippen molar-refractivity contribution < 1.29 is 4.79 Å². The van der Waals surface area contributed by atoms with Gasteiger partial charge in [-0.25, -0.2) is 0 Å². The van der Waals surface area contributed by atoms with Crippen LogP contribution >= 0.6 is 11.6 Å². The lowest BCUT2D eigenvalue weighted by Crippen LogP contribution is -2.33. The number of rotatable bonds is 2. The lowest BCUT2D eigenvalue weighted by atomic mass is 9.57. The molecular formula is C21H15ClO. The molecule has 112 valence electrons. The number of carbonyl (C=O) groups is 1. The molecule has 0 saturated heterocycles. The molecule has 0 heterocycles. The van der Waals surface area contributed by atoms with E-state index in [1.54, 1.807) is 0 Å². The van der Waals surface area contributed by atoms with Crippen molar-refractivity contribution in [2.75, 3.05) is 0 Å². The monoisotopic (exact) mass is 318 g/mol. The maximum atomic E-state index is 11.2. The molecule has 1 nitrogen and oxygen atoms in total. The van der Waals surface area contributed by atoms with Crippen LogP contribution in [0.25, 0.3) is 0 Å². The molecule has 2 aromatic rings. The Kier molecular flexibility index (Phi) is 3.34. The van der Waals surface area contributed by atoms with Gasteiger partial charge in [-0.2, -0.15) is 0 Å². The van der Waals surface area contributed by atoms with E-state index in [1.807, 2.05) is 6.08 Å². The van der Waals surface area contributed by atoms with Gasteiger partial charge >= 0.3 is 0 Å². The second-order valence-electron chi connectivity index (χ2n) is 5.98. The van der Waals surface area contributed by atoms with Crippen LogP contribution in [0, 0.1) is 5.92 Å². The molecule has 0 fully saturated rings. The molecule has 23 heavy (non-hydrogen) atoms. The van der Waals surface area contributed by atoms with E-state index in [-0.39, 0.29) is 17.8 Å². The zero-order valence-corrected chi connectivity index (χ0v) is 13.3. The summed E-state index contributed by atoms with van der Waals surface area (Å²) in [5.41, 5.74) is 9.55. The number of allylic oxidation sites excluding steroid dienone is 2. The highest BCUT2D eigenvalue weighted by molar-refractivity contribution is 6.66. The van der Waals surface area contributed by atoms with Gasteiger partial charge in [-0.3, -0.25) is 4.79 Å². The molecule has 2 aromatic carbocycles. The molecule has 0 amide bonds. The van der Waals surface area contributed by atoms with Crippen molar-refractivity contribution in [2.24, 2.45) is 5.92 Å². The predicted octanol–water partition coefficient (Wildman–Crippen LogP) is 4.93. The summed E-state index contributed by atoms with van der Waals surface area (Å²) < 4.78 is 0. The summed E-state index contributed by atoms with van der Waals surface area (Å²) in [6, 6.07) is 17.1. The summed E-state index contributed by atoms with van der Waals surface area (Å²) in [5, 5.41) is -0.497. The van der Waals surface area contributed by atoms with Crippen LogP contribution in [0.1, 0.15) is 34.1 Å². The van der Waals surface area contributed by atoms with Crippen molar-refractivity contribution >= 4 is 16.8 Å². The highest BCUT2D eigenvalue weighted by Crippen LogP contribution is 2.57. The Balaban J connectivity index is 2.06. The first-order chi connectivity index (χ1) is 11.2. The molecule has 2 bridgehead atoms. The van der Waals surface area contributed by atoms with Gasteiger partial charge in [0.1, 0.15) is 0 Å². The van der Waals surface area contributed by atoms with Crippen molar-refractivity contribution in [1.29, 1.82) is 0 Å². The summed E-state index contributed by atoms with van der Waals surface area (Å²) >= 11 is 5.49. The molecule has 0 spiro atoms. The fraction of sp³-hybridized carbons (Fsp3) is 0.143. The molecule has 0 aliphatic heterocycles. The molecule has 5 rings (SSSR count). The smallest absolute Gasteiger partial charge is 0.252 e. The van der Waals surface area contributed by atoms with Gasteiger partial charge in [0.05, 0.1) is 0 Å². The largest absolute Gasteiger partial charge is 0.276 e. The maximum absolute atomic E-state index is 11.2. The standard InChI is InChI=1S/C21H15ClO/c1-2-13-18(11-12-19(22)23)21-16-9-5-3-7-14(16)20(13)15-8-4-6-10-17(15)21/h2-10,12-13,20-21H,1H2. The van der Waals surface area contributed by atoms with E-state index in [0.29, 0.717) is 0 Å². The van der Waals surface area contributed by atoms with Gasteiger partial charge in [0.2, 0.25) is 0 Å². The highest BCUT2D eigenvalue weighted by Gasteiger charge is 2.45. The second kappa shape index (κ2) is 5.38. The van der Waals surface area contributed by atoms with Crippen molar-refractivity contribution in [3.63, 3.8) is 0 Å². The average Bonchev–Trinajstić information content (AvgIpc) is 2.59. The number of hydrogen-bond donors (Lipinski definition) is 0. The van der Waals surface area contributed by atoms with E-state index in [0.717, 1.165) is 5.57 Å². The molecule has 3 aliphatic rings. The molecule has 0 N–H and O–H groups in total. The maximum Gasteiger partial charge on any atom is 0.252 e. The molecular weight excluding hydrogens is 304 g/mol. The number of carbonyl (C=O) groups excluding carboxylic acids is 1. The van der Waals surface area contributed by atoms with Crippen LogP contribution in [0.4, 0.5) is 0 Å². The lowest BCUT2D eigenvalue weighted by Gasteiger charge is -2.45. The first-order valence-corrected chi connectivity index (χ1v) is 8.06. The minimum Gasteiger partial charge on any atom is -0.276 e. The fourth-order valence-electron chi connectivity index (χ4n) is 4.13. The summed E-state index contributed by atoms with van der Waals surface area (Å²) in [7, 11) is 0. The van der Waals surface area contributed by atoms with E-state index in [1.165, 1.54) is 28.3 Å². The van der Waals surface area contributed by atoms with Gasteiger partial charge in [0.25, 0.3) is 5.24 Å². The first-order valence-electron chi connectivity index (χ1n) is 7.68. The van der Waals surface area contributed by atoms with E-state index < -0.39 is 5.24 Å². The van der Waals surface area contributed by atoms with Crippen LogP contribution in [0.5, 0.6) is 0 Å². The van der Waals surface area contributed by atoms with Crippen LogP contribution in [0.2, 0.25) is 0 Å². The average molecular weight is 319 g/mol. The molecule has 1 atom stereocenters. The van der Waals surface area contributed by atoms with Crippen molar-refractivity contribution in [3.05, 3.63) is 101 Å². The summed E-state index contributed by atoms with van der Waals surface area (Å²) in [5.74, 6) is 0.478. The number of benzene rings is 2. The third-order valence-electron chi connectivity index (χ3n) is 4.92. The fourth-order valence-corrected chi connectivity index (χ4v) is 4.18. The van der Waals surface area contributed by atoms with E-state index in [4.69, 9.17) is 11.6 Å². The van der Waals surface area contributed by atoms with E-state index in [2.05, 4.69) is 60.8 Å². The summed E-state index contributed by atoms with van der Waals surface area (Å²) in [6.45, 7) is 4.03. The van der Waals surface area contributed by atoms with E-state index in [9.17, 15) is 4.79 Å². The Morgan fingerprint density at radius 3 is 2.00 bits per heavy atom. The minimum absolute atomic E-state index is 0.114. The van der Waals surface area contributed by atoms with Crippen LogP contribution in [-0.2, 0) is 4.79 Å².